The van der Waals surface area contributed by atoms with E-state index in [0.29, 0.717) is 0 Å². The first-order chi connectivity index (χ1) is 3.31. The van der Waals surface area contributed by atoms with Crippen LogP contribution in [0, 0.1) is 0 Å². The first kappa shape index (κ1) is 6.83. The summed E-state index contributed by atoms with van der Waals surface area (Å²) in [5.74, 6) is 0.825. The molecule has 0 bridgehead atoms. The van der Waals surface area contributed by atoms with E-state index in [9.17, 15) is 0 Å². The van der Waals surface area contributed by atoms with E-state index in [4.69, 9.17) is 0 Å². The van der Waals surface area contributed by atoms with Crippen LogP contribution in [0.15, 0.2) is 24.3 Å². The van der Waals surface area contributed by atoms with Gasteiger partial charge in [0.2, 0.25) is 0 Å². The minimum absolute atomic E-state index is 0.825. The van der Waals surface area contributed by atoms with Crippen LogP contribution in [0.3, 0.4) is 0 Å². The predicted octanol–water partition coefficient (Wildman–Crippen LogP) is 2.05. The molecule has 0 aromatic heterocycles. The highest BCUT2D eigenvalue weighted by Gasteiger charge is 1.75. The number of hydrogen-bond acceptors (Lipinski definition) is 1. The quantitative estimate of drug-likeness (QED) is 0.412. The minimum Gasteiger partial charge on any atom is -0.175 e. The van der Waals surface area contributed by atoms with E-state index in [2.05, 4.69) is 19.2 Å². The number of rotatable bonds is 2. The van der Waals surface area contributed by atoms with E-state index in [-0.39, 0.29) is 0 Å². The summed E-state index contributed by atoms with van der Waals surface area (Å²) in [6.45, 7) is 5.56. The molecule has 0 nitrogen and oxygen atoms in total. The summed E-state index contributed by atoms with van der Waals surface area (Å²) in [6.07, 6.45) is 3.72. The number of allylic oxidation sites excluding steroid dienone is 2. The highest BCUT2D eigenvalue weighted by atomic mass is 32.1. The van der Waals surface area contributed by atoms with Crippen LogP contribution in [-0.2, 0) is 0 Å². The number of thiol groups is 1. The van der Waals surface area contributed by atoms with E-state index < -0.39 is 0 Å². The van der Waals surface area contributed by atoms with Crippen LogP contribution in [0.2, 0.25) is 0 Å². The van der Waals surface area contributed by atoms with Crippen molar-refractivity contribution in [2.45, 2.75) is 6.92 Å². The van der Waals surface area contributed by atoms with Crippen LogP contribution >= 0.6 is 12.6 Å². The van der Waals surface area contributed by atoms with Gasteiger partial charge in [-0.2, -0.15) is 12.6 Å². The van der Waals surface area contributed by atoms with Crippen LogP contribution < -0.4 is 0 Å². The molecule has 0 fully saturated rings. The Balaban J connectivity index is 3.49. The lowest BCUT2D eigenvalue weighted by molar-refractivity contribution is 1.42. The van der Waals surface area contributed by atoms with E-state index >= 15 is 0 Å². The van der Waals surface area contributed by atoms with Crippen molar-refractivity contribution in [2.24, 2.45) is 0 Å². The molecule has 0 saturated heterocycles. The maximum absolute atomic E-state index is 4.03. The molecule has 1 heteroatoms. The van der Waals surface area contributed by atoms with Gasteiger partial charge in [0.05, 0.1) is 0 Å². The average molecular weight is 114 g/mol. The molecule has 0 aliphatic heterocycles. The summed E-state index contributed by atoms with van der Waals surface area (Å²) in [4.78, 5) is 0. The molecular weight excluding hydrogens is 104 g/mol. The summed E-state index contributed by atoms with van der Waals surface area (Å²) >= 11 is 4.03. The molecule has 0 saturated carbocycles. The van der Waals surface area contributed by atoms with E-state index in [1.54, 1.807) is 6.08 Å². The maximum atomic E-state index is 4.03. The molecule has 0 aliphatic rings. The lowest BCUT2D eigenvalue weighted by Crippen LogP contribution is -1.71. The first-order valence-electron chi connectivity index (χ1n) is 2.20. The molecule has 0 radical (unpaired) electrons. The number of hydrogen-bond donors (Lipinski definition) is 1. The summed E-state index contributed by atoms with van der Waals surface area (Å²) in [5, 5.41) is 0. The Morgan fingerprint density at radius 2 is 2.43 bits per heavy atom. The molecule has 7 heavy (non-hydrogen) atoms. The van der Waals surface area contributed by atoms with E-state index in [1.165, 1.54) is 5.57 Å². The zero-order valence-corrected chi connectivity index (χ0v) is 5.41. The second-order valence-corrected chi connectivity index (χ2v) is 1.72. The van der Waals surface area contributed by atoms with Crippen molar-refractivity contribution in [2.75, 3.05) is 5.75 Å². The normalized spacial score (nSPS) is 11.4. The van der Waals surface area contributed by atoms with Crippen LogP contribution in [-0.4, -0.2) is 5.75 Å². The molecule has 0 unspecified atom stereocenters. The molecule has 0 atom stereocenters. The molecule has 0 N–H and O–H groups in total. The van der Waals surface area contributed by atoms with E-state index in [0.717, 1.165) is 5.75 Å². The standard InChI is InChI=1S/C6H10S/c1-3-4-6(2)5-7/h3-4,7H,1,5H2,2H3/b6-4-. The summed E-state index contributed by atoms with van der Waals surface area (Å²) in [7, 11) is 0. The molecule has 0 aromatic carbocycles. The van der Waals surface area contributed by atoms with Gasteiger partial charge in [0.1, 0.15) is 0 Å². The Morgan fingerprint density at radius 3 is 2.57 bits per heavy atom. The highest BCUT2D eigenvalue weighted by molar-refractivity contribution is 7.80. The summed E-state index contributed by atoms with van der Waals surface area (Å²) < 4.78 is 0. The zero-order valence-electron chi connectivity index (χ0n) is 4.52. The predicted molar refractivity (Wildman–Crippen MR) is 37.8 cm³/mol. The van der Waals surface area contributed by atoms with Crippen LogP contribution in [0.4, 0.5) is 0 Å². The molecule has 0 heterocycles. The fourth-order valence-corrected chi connectivity index (χ4v) is 0.359. The third kappa shape index (κ3) is 3.67. The van der Waals surface area contributed by atoms with Gasteiger partial charge in [0.25, 0.3) is 0 Å². The Labute approximate surface area is 50.3 Å². The SMILES string of the molecule is C=C/C=C(/C)CS. The molecule has 40 valence electrons. The van der Waals surface area contributed by atoms with Gasteiger partial charge in [0.15, 0.2) is 0 Å². The van der Waals surface area contributed by atoms with Crippen LogP contribution in [0.5, 0.6) is 0 Å². The van der Waals surface area contributed by atoms with Gasteiger partial charge in [-0.15, -0.1) is 0 Å². The minimum atomic E-state index is 0.825. The Kier molecular flexibility index (Phi) is 3.90. The van der Waals surface area contributed by atoms with Crippen molar-refractivity contribution in [1.82, 2.24) is 0 Å². The molecule has 0 aliphatic carbocycles. The second kappa shape index (κ2) is 4.00. The van der Waals surface area contributed by atoms with Crippen molar-refractivity contribution in [3.63, 3.8) is 0 Å². The molecule has 0 aromatic rings. The fourth-order valence-electron chi connectivity index (χ4n) is 0.254. The van der Waals surface area contributed by atoms with Crippen LogP contribution in [0.25, 0.3) is 0 Å². The topological polar surface area (TPSA) is 0 Å². The Morgan fingerprint density at radius 1 is 1.86 bits per heavy atom. The van der Waals surface area contributed by atoms with Gasteiger partial charge in [-0.3, -0.25) is 0 Å². The van der Waals surface area contributed by atoms with E-state index in [1.807, 2.05) is 13.0 Å². The van der Waals surface area contributed by atoms with Crippen molar-refractivity contribution in [3.8, 4) is 0 Å². The summed E-state index contributed by atoms with van der Waals surface area (Å²) in [5.41, 5.74) is 1.25. The van der Waals surface area contributed by atoms with Gasteiger partial charge in [-0.25, -0.2) is 0 Å². The average Bonchev–Trinajstić information content (AvgIpc) is 1.68. The van der Waals surface area contributed by atoms with Gasteiger partial charge in [0, 0.05) is 5.75 Å². The van der Waals surface area contributed by atoms with Gasteiger partial charge in [-0.1, -0.05) is 24.3 Å². The van der Waals surface area contributed by atoms with Crippen molar-refractivity contribution in [3.05, 3.63) is 24.3 Å². The third-order valence-corrected chi connectivity index (χ3v) is 1.15. The Hall–Kier alpha value is -0.170. The van der Waals surface area contributed by atoms with Crippen molar-refractivity contribution >= 4 is 12.6 Å². The maximum Gasteiger partial charge on any atom is 0.0113 e. The molecular formula is C6H10S. The second-order valence-electron chi connectivity index (χ2n) is 1.41. The Bertz CT molecular complexity index is 82.2. The van der Waals surface area contributed by atoms with Crippen molar-refractivity contribution < 1.29 is 0 Å². The smallest absolute Gasteiger partial charge is 0.0113 e. The highest BCUT2D eigenvalue weighted by Crippen LogP contribution is 1.92. The van der Waals surface area contributed by atoms with Crippen molar-refractivity contribution in [1.29, 1.82) is 0 Å². The zero-order chi connectivity index (χ0) is 5.70. The fraction of sp³-hybridized carbons (Fsp3) is 0.333. The largest absolute Gasteiger partial charge is 0.175 e. The van der Waals surface area contributed by atoms with Gasteiger partial charge < -0.3 is 0 Å². The summed E-state index contributed by atoms with van der Waals surface area (Å²) in [6, 6.07) is 0. The molecule has 0 amide bonds. The molecule has 0 spiro atoms. The lowest BCUT2D eigenvalue weighted by Gasteiger charge is -1.85. The first-order valence-corrected chi connectivity index (χ1v) is 2.83. The monoisotopic (exact) mass is 114 g/mol. The van der Waals surface area contributed by atoms with Crippen LogP contribution in [0.1, 0.15) is 6.92 Å². The lowest BCUT2D eigenvalue weighted by atomic mass is 10.3. The van der Waals surface area contributed by atoms with Gasteiger partial charge in [-0.05, 0) is 6.92 Å². The molecule has 0 rings (SSSR count). The van der Waals surface area contributed by atoms with Gasteiger partial charge >= 0.3 is 0 Å². The third-order valence-electron chi connectivity index (χ3n) is 0.652.